The Kier molecular flexibility index (Phi) is 4.40. The van der Waals surface area contributed by atoms with Crippen LogP contribution in [0, 0.1) is 12.8 Å². The number of nitrogens with zero attached hydrogens (tertiary/aromatic N) is 2. The quantitative estimate of drug-likeness (QED) is 0.911. The highest BCUT2D eigenvalue weighted by molar-refractivity contribution is 7.99. The first-order valence-electron chi connectivity index (χ1n) is 7.04. The van der Waals surface area contributed by atoms with Gasteiger partial charge in [0.1, 0.15) is 0 Å². The lowest BCUT2D eigenvalue weighted by Gasteiger charge is -2.30. The van der Waals surface area contributed by atoms with E-state index in [1.807, 2.05) is 18.7 Å². The Hall–Kier alpha value is -0.590. The van der Waals surface area contributed by atoms with Crippen molar-refractivity contribution in [3.05, 3.63) is 11.7 Å². The molecule has 0 bridgehead atoms. The SMILES string of the molecule is Cc1noc([C@@H](N[C@@H]2CCSC2)C2CCOCC2)n1. The molecule has 0 radical (unpaired) electrons. The number of aryl methyl sites for hydroxylation is 1. The molecule has 0 aromatic carbocycles. The third kappa shape index (κ3) is 3.30. The van der Waals surface area contributed by atoms with Gasteiger partial charge in [0.25, 0.3) is 0 Å². The topological polar surface area (TPSA) is 60.2 Å². The van der Waals surface area contributed by atoms with Crippen LogP contribution in [0.2, 0.25) is 0 Å². The average molecular weight is 283 g/mol. The van der Waals surface area contributed by atoms with Crippen LogP contribution in [-0.2, 0) is 4.74 Å². The standard InChI is InChI=1S/C13H21N3O2S/c1-9-14-13(18-16-9)12(10-2-5-17-6-3-10)15-11-4-7-19-8-11/h10-12,15H,2-8H2,1H3/t11-,12+/m1/s1. The molecule has 0 aliphatic carbocycles. The summed E-state index contributed by atoms with van der Waals surface area (Å²) >= 11 is 2.02. The molecule has 3 heterocycles. The Bertz CT molecular complexity index is 400. The van der Waals surface area contributed by atoms with Crippen molar-refractivity contribution in [1.82, 2.24) is 15.5 Å². The highest BCUT2D eigenvalue weighted by atomic mass is 32.2. The van der Waals surface area contributed by atoms with E-state index in [1.54, 1.807) is 0 Å². The zero-order chi connectivity index (χ0) is 13.1. The number of rotatable bonds is 4. The van der Waals surface area contributed by atoms with Gasteiger partial charge in [-0.2, -0.15) is 16.7 Å². The summed E-state index contributed by atoms with van der Waals surface area (Å²) in [6, 6.07) is 0.763. The maximum atomic E-state index is 5.46. The van der Waals surface area contributed by atoms with Crippen LogP contribution < -0.4 is 5.32 Å². The van der Waals surface area contributed by atoms with E-state index in [0.29, 0.717) is 12.0 Å². The van der Waals surface area contributed by atoms with Gasteiger partial charge in [-0.15, -0.1) is 0 Å². The lowest BCUT2D eigenvalue weighted by Crippen LogP contribution is -2.38. The van der Waals surface area contributed by atoms with Gasteiger partial charge >= 0.3 is 0 Å². The van der Waals surface area contributed by atoms with E-state index in [1.165, 1.54) is 17.9 Å². The van der Waals surface area contributed by atoms with Crippen molar-refractivity contribution < 1.29 is 9.26 Å². The number of hydrogen-bond acceptors (Lipinski definition) is 6. The van der Waals surface area contributed by atoms with Gasteiger partial charge in [-0.05, 0) is 37.9 Å². The number of ether oxygens (including phenoxy) is 1. The summed E-state index contributed by atoms with van der Waals surface area (Å²) in [5.41, 5.74) is 0. The van der Waals surface area contributed by atoms with Gasteiger partial charge in [0.15, 0.2) is 5.82 Å². The molecule has 5 nitrogen and oxygen atoms in total. The van der Waals surface area contributed by atoms with Crippen LogP contribution in [0.25, 0.3) is 0 Å². The van der Waals surface area contributed by atoms with E-state index in [4.69, 9.17) is 9.26 Å². The van der Waals surface area contributed by atoms with Crippen LogP contribution in [0.15, 0.2) is 4.52 Å². The Balaban J connectivity index is 1.73. The zero-order valence-electron chi connectivity index (χ0n) is 11.3. The van der Waals surface area contributed by atoms with Gasteiger partial charge in [0, 0.05) is 25.0 Å². The van der Waals surface area contributed by atoms with Crippen molar-refractivity contribution in [2.45, 2.75) is 38.3 Å². The normalized spacial score (nSPS) is 26.7. The minimum absolute atomic E-state index is 0.189. The molecule has 0 saturated carbocycles. The third-order valence-corrected chi connectivity index (χ3v) is 5.05. The summed E-state index contributed by atoms with van der Waals surface area (Å²) in [6.07, 6.45) is 3.37. The highest BCUT2D eigenvalue weighted by Gasteiger charge is 2.32. The van der Waals surface area contributed by atoms with E-state index >= 15 is 0 Å². The molecular weight excluding hydrogens is 262 g/mol. The Morgan fingerprint density at radius 3 is 2.79 bits per heavy atom. The molecule has 2 aliphatic heterocycles. The first kappa shape index (κ1) is 13.4. The second-order valence-corrected chi connectivity index (χ2v) is 6.48. The average Bonchev–Trinajstić information content (AvgIpc) is 3.08. The number of aromatic nitrogens is 2. The van der Waals surface area contributed by atoms with Crippen LogP contribution in [0.5, 0.6) is 0 Å². The predicted octanol–water partition coefficient (Wildman–Crippen LogP) is 1.94. The number of thioether (sulfide) groups is 1. The van der Waals surface area contributed by atoms with Crippen molar-refractivity contribution >= 4 is 11.8 Å². The van der Waals surface area contributed by atoms with E-state index < -0.39 is 0 Å². The second-order valence-electron chi connectivity index (χ2n) is 5.33. The first-order chi connectivity index (χ1) is 9.33. The van der Waals surface area contributed by atoms with E-state index in [-0.39, 0.29) is 6.04 Å². The molecule has 19 heavy (non-hydrogen) atoms. The molecule has 0 amide bonds. The summed E-state index contributed by atoms with van der Waals surface area (Å²) in [6.45, 7) is 3.56. The number of nitrogens with one attached hydrogen (secondary N) is 1. The van der Waals surface area contributed by atoms with E-state index in [9.17, 15) is 0 Å². The summed E-state index contributed by atoms with van der Waals surface area (Å²) < 4.78 is 10.9. The maximum Gasteiger partial charge on any atom is 0.244 e. The minimum atomic E-state index is 0.189. The van der Waals surface area contributed by atoms with Gasteiger partial charge in [0.2, 0.25) is 5.89 Å². The molecule has 0 unspecified atom stereocenters. The second kappa shape index (κ2) is 6.24. The highest BCUT2D eigenvalue weighted by Crippen LogP contribution is 2.31. The van der Waals surface area contributed by atoms with Crippen LogP contribution in [0.3, 0.4) is 0 Å². The monoisotopic (exact) mass is 283 g/mol. The van der Waals surface area contributed by atoms with Gasteiger partial charge in [-0.1, -0.05) is 5.16 Å². The van der Waals surface area contributed by atoms with Gasteiger partial charge in [0.05, 0.1) is 6.04 Å². The molecule has 2 saturated heterocycles. The molecule has 2 aliphatic rings. The third-order valence-electron chi connectivity index (χ3n) is 3.89. The molecule has 6 heteroatoms. The summed E-state index contributed by atoms with van der Waals surface area (Å²) in [5.74, 6) is 4.45. The molecule has 1 aromatic heterocycles. The fraction of sp³-hybridized carbons (Fsp3) is 0.846. The van der Waals surface area contributed by atoms with Crippen molar-refractivity contribution in [3.8, 4) is 0 Å². The van der Waals surface area contributed by atoms with Crippen LogP contribution >= 0.6 is 11.8 Å². The van der Waals surface area contributed by atoms with E-state index in [2.05, 4.69) is 15.5 Å². The first-order valence-corrected chi connectivity index (χ1v) is 8.20. The zero-order valence-corrected chi connectivity index (χ0v) is 12.1. The molecule has 106 valence electrons. The van der Waals surface area contributed by atoms with Gasteiger partial charge < -0.3 is 14.6 Å². The summed E-state index contributed by atoms with van der Waals surface area (Å²) in [7, 11) is 0. The maximum absolute atomic E-state index is 5.46. The van der Waals surface area contributed by atoms with Crippen molar-refractivity contribution in [1.29, 1.82) is 0 Å². The van der Waals surface area contributed by atoms with Crippen LogP contribution in [0.1, 0.15) is 37.0 Å². The fourth-order valence-electron chi connectivity index (χ4n) is 2.82. The predicted molar refractivity (Wildman–Crippen MR) is 74.2 cm³/mol. The Morgan fingerprint density at radius 1 is 1.32 bits per heavy atom. The summed E-state index contributed by atoms with van der Waals surface area (Å²) in [5, 5.41) is 7.69. The smallest absolute Gasteiger partial charge is 0.244 e. The number of hydrogen-bond donors (Lipinski definition) is 1. The molecule has 0 spiro atoms. The largest absolute Gasteiger partial charge is 0.381 e. The van der Waals surface area contributed by atoms with Gasteiger partial charge in [-0.25, -0.2) is 0 Å². The van der Waals surface area contributed by atoms with Gasteiger partial charge in [-0.3, -0.25) is 0 Å². The summed E-state index contributed by atoms with van der Waals surface area (Å²) in [4.78, 5) is 4.44. The minimum Gasteiger partial charge on any atom is -0.381 e. The lowest BCUT2D eigenvalue weighted by atomic mass is 9.91. The Morgan fingerprint density at radius 2 is 2.16 bits per heavy atom. The molecule has 1 aromatic rings. The Labute approximate surface area is 117 Å². The van der Waals surface area contributed by atoms with Crippen LogP contribution in [-0.4, -0.2) is 40.9 Å². The molecular formula is C13H21N3O2S. The van der Waals surface area contributed by atoms with Crippen molar-refractivity contribution in [2.75, 3.05) is 24.7 Å². The lowest BCUT2D eigenvalue weighted by molar-refractivity contribution is 0.0473. The molecule has 2 fully saturated rings. The van der Waals surface area contributed by atoms with Crippen molar-refractivity contribution in [2.24, 2.45) is 5.92 Å². The van der Waals surface area contributed by atoms with E-state index in [0.717, 1.165) is 37.8 Å². The van der Waals surface area contributed by atoms with Crippen LogP contribution in [0.4, 0.5) is 0 Å². The molecule has 3 rings (SSSR count). The fourth-order valence-corrected chi connectivity index (χ4v) is 3.98. The molecule has 2 atom stereocenters. The van der Waals surface area contributed by atoms with Crippen molar-refractivity contribution in [3.63, 3.8) is 0 Å². The molecule has 1 N–H and O–H groups in total.